The summed E-state index contributed by atoms with van der Waals surface area (Å²) >= 11 is 1.44. The van der Waals surface area contributed by atoms with Crippen molar-refractivity contribution >= 4 is 33.4 Å². The van der Waals surface area contributed by atoms with E-state index in [1.54, 1.807) is 0 Å². The highest BCUT2D eigenvalue weighted by atomic mass is 32.1. The molecule has 1 aliphatic rings. The first-order valence-corrected chi connectivity index (χ1v) is 9.74. The molecule has 26 heavy (non-hydrogen) atoms. The summed E-state index contributed by atoms with van der Waals surface area (Å²) in [4.78, 5) is 39.7. The Balaban J connectivity index is 1.79. The summed E-state index contributed by atoms with van der Waals surface area (Å²) < 4.78 is 0. The summed E-state index contributed by atoms with van der Waals surface area (Å²) in [7, 11) is 0. The van der Waals surface area contributed by atoms with Crippen LogP contribution in [0.3, 0.4) is 0 Å². The van der Waals surface area contributed by atoms with Gasteiger partial charge >= 0.3 is 0 Å². The van der Waals surface area contributed by atoms with Crippen LogP contribution in [0.25, 0.3) is 10.2 Å². The van der Waals surface area contributed by atoms with Gasteiger partial charge in [0.05, 0.1) is 4.88 Å². The third-order valence-electron chi connectivity index (χ3n) is 4.77. The Morgan fingerprint density at radius 2 is 1.54 bits per heavy atom. The molecule has 2 amide bonds. The molecular weight excluding hydrogens is 348 g/mol. The molecule has 0 N–H and O–H groups in total. The van der Waals surface area contributed by atoms with Crippen LogP contribution in [-0.4, -0.2) is 57.8 Å². The van der Waals surface area contributed by atoms with Gasteiger partial charge in [-0.05, 0) is 26.3 Å². The lowest BCUT2D eigenvalue weighted by Gasteiger charge is -2.37. The number of fused-ring (bicyclic) bond motifs is 1. The van der Waals surface area contributed by atoms with Crippen molar-refractivity contribution in [3.05, 3.63) is 22.0 Å². The summed E-state index contributed by atoms with van der Waals surface area (Å²) in [5.41, 5.74) is 1.49. The number of amides is 2. The molecule has 1 aliphatic heterocycles. The summed E-state index contributed by atoms with van der Waals surface area (Å²) in [5, 5.41) is 0.991. The predicted octanol–water partition coefficient (Wildman–Crippen LogP) is 2.95. The van der Waals surface area contributed by atoms with Gasteiger partial charge in [-0.15, -0.1) is 11.3 Å². The molecule has 3 heterocycles. The molecule has 3 rings (SSSR count). The van der Waals surface area contributed by atoms with Crippen LogP contribution < -0.4 is 0 Å². The van der Waals surface area contributed by atoms with Gasteiger partial charge in [-0.25, -0.2) is 9.97 Å². The molecule has 140 valence electrons. The van der Waals surface area contributed by atoms with Crippen molar-refractivity contribution in [2.75, 3.05) is 26.2 Å². The molecule has 0 spiro atoms. The normalized spacial score (nSPS) is 15.6. The van der Waals surface area contributed by atoms with Crippen LogP contribution >= 0.6 is 11.3 Å². The van der Waals surface area contributed by atoms with Crippen molar-refractivity contribution < 1.29 is 9.59 Å². The largest absolute Gasteiger partial charge is 0.339 e. The number of carbonyl (C=O) groups is 2. The third-order valence-corrected chi connectivity index (χ3v) is 5.95. The minimum absolute atomic E-state index is 0.0328. The number of nitrogens with zero attached hydrogens (tertiary/aromatic N) is 4. The molecule has 0 saturated carbocycles. The van der Waals surface area contributed by atoms with Gasteiger partial charge < -0.3 is 9.80 Å². The number of piperazine rings is 1. The van der Waals surface area contributed by atoms with Gasteiger partial charge in [0.25, 0.3) is 5.91 Å². The second-order valence-electron chi connectivity index (χ2n) is 7.93. The SMILES string of the molecule is Cc1nc(C)c2c(C)c(C(=O)N3CCN(C(=O)C(C)(C)C)CC3)sc2n1. The Labute approximate surface area is 158 Å². The van der Waals surface area contributed by atoms with E-state index in [0.29, 0.717) is 26.2 Å². The van der Waals surface area contributed by atoms with Gasteiger partial charge in [-0.2, -0.15) is 0 Å². The summed E-state index contributed by atoms with van der Waals surface area (Å²) in [6.45, 7) is 13.9. The molecule has 0 unspecified atom stereocenters. The van der Waals surface area contributed by atoms with Gasteiger partial charge in [0, 0.05) is 42.7 Å². The van der Waals surface area contributed by atoms with E-state index in [1.807, 2.05) is 51.3 Å². The standard InChI is InChI=1S/C19H26N4O2S/c1-11-14-12(2)20-13(3)21-16(14)26-15(11)17(24)22-7-9-23(10-8-22)18(25)19(4,5)6/h7-10H2,1-6H3. The Morgan fingerprint density at radius 3 is 2.12 bits per heavy atom. The molecule has 0 radical (unpaired) electrons. The van der Waals surface area contributed by atoms with Gasteiger partial charge in [0.1, 0.15) is 10.7 Å². The lowest BCUT2D eigenvalue weighted by Crippen LogP contribution is -2.53. The zero-order valence-corrected chi connectivity index (χ0v) is 17.2. The van der Waals surface area contributed by atoms with E-state index in [-0.39, 0.29) is 17.2 Å². The molecule has 2 aromatic heterocycles. The van der Waals surface area contributed by atoms with E-state index in [9.17, 15) is 9.59 Å². The number of aryl methyl sites for hydroxylation is 3. The van der Waals surface area contributed by atoms with Crippen LogP contribution in [0.15, 0.2) is 0 Å². The highest BCUT2D eigenvalue weighted by Crippen LogP contribution is 2.32. The summed E-state index contributed by atoms with van der Waals surface area (Å²) in [6.07, 6.45) is 0. The van der Waals surface area contributed by atoms with Crippen LogP contribution in [0.2, 0.25) is 0 Å². The van der Waals surface area contributed by atoms with E-state index >= 15 is 0 Å². The minimum atomic E-state index is -0.387. The van der Waals surface area contributed by atoms with Crippen molar-refractivity contribution in [3.63, 3.8) is 0 Å². The number of aromatic nitrogens is 2. The molecule has 0 aliphatic carbocycles. The topological polar surface area (TPSA) is 66.4 Å². The first-order chi connectivity index (χ1) is 12.1. The van der Waals surface area contributed by atoms with Gasteiger partial charge in [0.15, 0.2) is 0 Å². The maximum atomic E-state index is 13.0. The minimum Gasteiger partial charge on any atom is -0.339 e. The fourth-order valence-corrected chi connectivity index (χ4v) is 4.65. The maximum absolute atomic E-state index is 13.0. The highest BCUT2D eigenvalue weighted by molar-refractivity contribution is 7.20. The maximum Gasteiger partial charge on any atom is 0.264 e. The monoisotopic (exact) mass is 374 g/mol. The van der Waals surface area contributed by atoms with Gasteiger partial charge in [-0.3, -0.25) is 9.59 Å². The molecular formula is C19H26N4O2S. The molecule has 6 nitrogen and oxygen atoms in total. The highest BCUT2D eigenvalue weighted by Gasteiger charge is 2.32. The van der Waals surface area contributed by atoms with Crippen LogP contribution in [0.4, 0.5) is 0 Å². The molecule has 0 bridgehead atoms. The fraction of sp³-hybridized carbons (Fsp3) is 0.579. The van der Waals surface area contributed by atoms with Crippen LogP contribution in [0.5, 0.6) is 0 Å². The second kappa shape index (κ2) is 6.61. The lowest BCUT2D eigenvalue weighted by molar-refractivity contribution is -0.140. The smallest absolute Gasteiger partial charge is 0.264 e. The average molecular weight is 375 g/mol. The van der Waals surface area contributed by atoms with E-state index in [1.165, 1.54) is 11.3 Å². The van der Waals surface area contributed by atoms with Crippen molar-refractivity contribution in [2.24, 2.45) is 5.41 Å². The Bertz CT molecular complexity index is 874. The Hall–Kier alpha value is -2.02. The fourth-order valence-electron chi connectivity index (χ4n) is 3.41. The van der Waals surface area contributed by atoms with E-state index < -0.39 is 0 Å². The number of hydrogen-bond acceptors (Lipinski definition) is 5. The average Bonchev–Trinajstić information content (AvgIpc) is 2.89. The zero-order valence-electron chi connectivity index (χ0n) is 16.3. The van der Waals surface area contributed by atoms with Crippen molar-refractivity contribution in [1.82, 2.24) is 19.8 Å². The first kappa shape index (κ1) is 18.8. The van der Waals surface area contributed by atoms with E-state index in [4.69, 9.17) is 0 Å². The van der Waals surface area contributed by atoms with Crippen LogP contribution in [0.1, 0.15) is 47.5 Å². The first-order valence-electron chi connectivity index (χ1n) is 8.92. The van der Waals surface area contributed by atoms with Gasteiger partial charge in [0.2, 0.25) is 5.91 Å². The van der Waals surface area contributed by atoms with Crippen LogP contribution in [-0.2, 0) is 4.79 Å². The van der Waals surface area contributed by atoms with Crippen LogP contribution in [0, 0.1) is 26.2 Å². The number of thiophene rings is 1. The van der Waals surface area contributed by atoms with Gasteiger partial charge in [-0.1, -0.05) is 20.8 Å². The number of carbonyl (C=O) groups excluding carboxylic acids is 2. The summed E-state index contributed by atoms with van der Waals surface area (Å²) in [6, 6.07) is 0. The van der Waals surface area contributed by atoms with Crippen molar-refractivity contribution in [2.45, 2.75) is 41.5 Å². The van der Waals surface area contributed by atoms with Crippen molar-refractivity contribution in [1.29, 1.82) is 0 Å². The molecule has 2 aromatic rings. The Kier molecular flexibility index (Phi) is 4.77. The number of hydrogen-bond donors (Lipinski definition) is 0. The van der Waals surface area contributed by atoms with Crippen molar-refractivity contribution in [3.8, 4) is 0 Å². The van der Waals surface area contributed by atoms with E-state index in [2.05, 4.69) is 9.97 Å². The molecule has 0 atom stereocenters. The molecule has 7 heteroatoms. The van der Waals surface area contributed by atoms with E-state index in [0.717, 1.165) is 32.2 Å². The third kappa shape index (κ3) is 3.32. The molecule has 0 aromatic carbocycles. The molecule has 1 fully saturated rings. The second-order valence-corrected chi connectivity index (χ2v) is 8.93. The molecule has 1 saturated heterocycles. The predicted molar refractivity (Wildman–Crippen MR) is 104 cm³/mol. The summed E-state index contributed by atoms with van der Waals surface area (Å²) in [5.74, 6) is 0.902. The Morgan fingerprint density at radius 1 is 0.962 bits per heavy atom. The quantitative estimate of drug-likeness (QED) is 0.770. The number of rotatable bonds is 1. The zero-order chi connectivity index (χ0) is 19.2. The lowest BCUT2D eigenvalue weighted by atomic mass is 9.94.